The van der Waals surface area contributed by atoms with Gasteiger partial charge in [-0.2, -0.15) is 0 Å². The summed E-state index contributed by atoms with van der Waals surface area (Å²) in [7, 11) is 3.53. The smallest absolute Gasteiger partial charge is 0.316 e. The summed E-state index contributed by atoms with van der Waals surface area (Å²) in [5.74, 6) is 0. The molecular formula is C13H28N2O. The van der Waals surface area contributed by atoms with Crippen LogP contribution in [0.4, 0.5) is 4.79 Å². The van der Waals surface area contributed by atoms with E-state index < -0.39 is 0 Å². The Morgan fingerprint density at radius 3 is 1.94 bits per heavy atom. The van der Waals surface area contributed by atoms with E-state index in [0.717, 1.165) is 13.0 Å². The summed E-state index contributed by atoms with van der Waals surface area (Å²) >= 11 is 0. The summed E-state index contributed by atoms with van der Waals surface area (Å²) in [6.45, 7) is 3.05. The van der Waals surface area contributed by atoms with Crippen LogP contribution in [-0.2, 0) is 0 Å². The van der Waals surface area contributed by atoms with Crippen molar-refractivity contribution in [3.8, 4) is 0 Å². The van der Waals surface area contributed by atoms with Crippen molar-refractivity contribution in [2.24, 2.45) is 0 Å². The van der Waals surface area contributed by atoms with E-state index in [1.165, 1.54) is 44.9 Å². The van der Waals surface area contributed by atoms with Crippen LogP contribution >= 0.6 is 0 Å². The molecule has 0 aliphatic carbocycles. The predicted octanol–water partition coefficient (Wildman–Crippen LogP) is 3.40. The first-order valence-electron chi connectivity index (χ1n) is 6.63. The van der Waals surface area contributed by atoms with Crippen LogP contribution in [0.3, 0.4) is 0 Å². The van der Waals surface area contributed by atoms with Gasteiger partial charge >= 0.3 is 6.03 Å². The van der Waals surface area contributed by atoms with E-state index in [2.05, 4.69) is 12.2 Å². The number of hydrogen-bond acceptors (Lipinski definition) is 1. The number of carbonyl (C=O) groups excluding carboxylic acids is 1. The molecule has 1 N–H and O–H groups in total. The van der Waals surface area contributed by atoms with Gasteiger partial charge in [0.05, 0.1) is 0 Å². The highest BCUT2D eigenvalue weighted by molar-refractivity contribution is 5.73. The van der Waals surface area contributed by atoms with Crippen molar-refractivity contribution in [2.45, 2.75) is 58.3 Å². The molecule has 96 valence electrons. The Bertz CT molecular complexity index is 169. The summed E-state index contributed by atoms with van der Waals surface area (Å²) in [6, 6.07) is 0.0166. The quantitative estimate of drug-likeness (QED) is 0.603. The molecule has 2 amide bonds. The lowest BCUT2D eigenvalue weighted by Crippen LogP contribution is -2.34. The van der Waals surface area contributed by atoms with Crippen LogP contribution in [0.1, 0.15) is 58.3 Å². The average Bonchev–Trinajstić information content (AvgIpc) is 2.26. The molecule has 0 rings (SSSR count). The van der Waals surface area contributed by atoms with Crippen LogP contribution in [0.2, 0.25) is 0 Å². The van der Waals surface area contributed by atoms with E-state index in [9.17, 15) is 4.79 Å². The number of carbonyl (C=O) groups is 1. The fraction of sp³-hybridized carbons (Fsp3) is 0.923. The molecule has 0 aromatic heterocycles. The zero-order chi connectivity index (χ0) is 12.2. The van der Waals surface area contributed by atoms with Crippen molar-refractivity contribution in [2.75, 3.05) is 20.6 Å². The molecule has 0 fully saturated rings. The largest absolute Gasteiger partial charge is 0.338 e. The van der Waals surface area contributed by atoms with Crippen molar-refractivity contribution < 1.29 is 4.79 Å². The minimum Gasteiger partial charge on any atom is -0.338 e. The van der Waals surface area contributed by atoms with Crippen molar-refractivity contribution >= 4 is 6.03 Å². The van der Waals surface area contributed by atoms with Gasteiger partial charge in [0.2, 0.25) is 0 Å². The van der Waals surface area contributed by atoms with E-state index >= 15 is 0 Å². The highest BCUT2D eigenvalue weighted by Crippen LogP contribution is 2.07. The Morgan fingerprint density at radius 2 is 1.44 bits per heavy atom. The fourth-order valence-electron chi connectivity index (χ4n) is 1.61. The molecule has 0 unspecified atom stereocenters. The summed E-state index contributed by atoms with van der Waals surface area (Å²) in [6.07, 6.45) is 10.4. The van der Waals surface area contributed by atoms with Crippen LogP contribution in [0.5, 0.6) is 0 Å². The summed E-state index contributed by atoms with van der Waals surface area (Å²) in [4.78, 5) is 12.7. The normalized spacial score (nSPS) is 10.2. The number of nitrogens with one attached hydrogen (secondary N) is 1. The standard InChI is InChI=1S/C13H28N2O/c1-4-5-6-7-8-9-10-11-12-14-13(16)15(2)3/h4-12H2,1-3H3,(H,14,16). The summed E-state index contributed by atoms with van der Waals surface area (Å²) in [5.41, 5.74) is 0. The molecule has 0 atom stereocenters. The van der Waals surface area contributed by atoms with Gasteiger partial charge in [-0.25, -0.2) is 4.79 Å². The number of hydrogen-bond donors (Lipinski definition) is 1. The zero-order valence-corrected chi connectivity index (χ0v) is 11.2. The minimum absolute atomic E-state index is 0.0166. The second-order valence-corrected chi connectivity index (χ2v) is 4.60. The first kappa shape index (κ1) is 15.3. The number of rotatable bonds is 9. The molecule has 0 spiro atoms. The Morgan fingerprint density at radius 1 is 0.938 bits per heavy atom. The molecule has 0 aliphatic heterocycles. The van der Waals surface area contributed by atoms with Gasteiger partial charge in [0.15, 0.2) is 0 Å². The summed E-state index contributed by atoms with van der Waals surface area (Å²) < 4.78 is 0. The molecule has 16 heavy (non-hydrogen) atoms. The molecule has 0 aromatic carbocycles. The van der Waals surface area contributed by atoms with Crippen molar-refractivity contribution in [3.63, 3.8) is 0 Å². The molecule has 0 bridgehead atoms. The third-order valence-corrected chi connectivity index (χ3v) is 2.71. The van der Waals surface area contributed by atoms with Gasteiger partial charge < -0.3 is 10.2 Å². The van der Waals surface area contributed by atoms with Gasteiger partial charge in [0.25, 0.3) is 0 Å². The Hall–Kier alpha value is -0.730. The van der Waals surface area contributed by atoms with E-state index in [0.29, 0.717) is 0 Å². The maximum absolute atomic E-state index is 11.2. The Labute approximate surface area is 101 Å². The summed E-state index contributed by atoms with van der Waals surface area (Å²) in [5, 5.41) is 2.88. The third kappa shape index (κ3) is 9.81. The Balaban J connectivity index is 3.07. The second kappa shape index (κ2) is 10.8. The minimum atomic E-state index is 0.0166. The number of urea groups is 1. The van der Waals surface area contributed by atoms with Crippen LogP contribution < -0.4 is 5.32 Å². The molecule has 0 radical (unpaired) electrons. The van der Waals surface area contributed by atoms with Crippen LogP contribution in [0.15, 0.2) is 0 Å². The van der Waals surface area contributed by atoms with Gasteiger partial charge in [-0.1, -0.05) is 51.9 Å². The van der Waals surface area contributed by atoms with Crippen LogP contribution in [-0.4, -0.2) is 31.6 Å². The monoisotopic (exact) mass is 228 g/mol. The Kier molecular flexibility index (Phi) is 10.3. The van der Waals surface area contributed by atoms with E-state index in [1.807, 2.05) is 0 Å². The van der Waals surface area contributed by atoms with Gasteiger partial charge in [0.1, 0.15) is 0 Å². The maximum atomic E-state index is 11.2. The maximum Gasteiger partial charge on any atom is 0.316 e. The number of amides is 2. The SMILES string of the molecule is CCCCCCCCCCNC(=O)N(C)C. The van der Waals surface area contributed by atoms with E-state index in [-0.39, 0.29) is 6.03 Å². The molecule has 0 aliphatic rings. The molecule has 0 aromatic rings. The lowest BCUT2D eigenvalue weighted by Gasteiger charge is -2.11. The van der Waals surface area contributed by atoms with Crippen molar-refractivity contribution in [1.82, 2.24) is 10.2 Å². The molecule has 3 heteroatoms. The number of unbranched alkanes of at least 4 members (excludes halogenated alkanes) is 7. The zero-order valence-electron chi connectivity index (χ0n) is 11.2. The van der Waals surface area contributed by atoms with E-state index in [4.69, 9.17) is 0 Å². The predicted molar refractivity (Wildman–Crippen MR) is 69.7 cm³/mol. The molecule has 3 nitrogen and oxygen atoms in total. The highest BCUT2D eigenvalue weighted by Gasteiger charge is 2.00. The van der Waals surface area contributed by atoms with Crippen LogP contribution in [0.25, 0.3) is 0 Å². The van der Waals surface area contributed by atoms with Crippen LogP contribution in [0, 0.1) is 0 Å². The molecular weight excluding hydrogens is 200 g/mol. The van der Waals surface area contributed by atoms with Gasteiger partial charge in [0, 0.05) is 20.6 Å². The van der Waals surface area contributed by atoms with Gasteiger partial charge in [-0.15, -0.1) is 0 Å². The third-order valence-electron chi connectivity index (χ3n) is 2.71. The lowest BCUT2D eigenvalue weighted by molar-refractivity contribution is 0.217. The number of nitrogens with zero attached hydrogens (tertiary/aromatic N) is 1. The second-order valence-electron chi connectivity index (χ2n) is 4.60. The first-order valence-corrected chi connectivity index (χ1v) is 6.63. The van der Waals surface area contributed by atoms with Gasteiger partial charge in [-0.3, -0.25) is 0 Å². The molecule has 0 saturated carbocycles. The highest BCUT2D eigenvalue weighted by atomic mass is 16.2. The fourth-order valence-corrected chi connectivity index (χ4v) is 1.61. The molecule has 0 saturated heterocycles. The van der Waals surface area contributed by atoms with Crippen molar-refractivity contribution in [3.05, 3.63) is 0 Å². The first-order chi connectivity index (χ1) is 7.68. The average molecular weight is 228 g/mol. The van der Waals surface area contributed by atoms with Crippen molar-refractivity contribution in [1.29, 1.82) is 0 Å². The van der Waals surface area contributed by atoms with Gasteiger partial charge in [-0.05, 0) is 6.42 Å². The topological polar surface area (TPSA) is 32.3 Å². The lowest BCUT2D eigenvalue weighted by atomic mass is 10.1. The molecule has 0 heterocycles. The van der Waals surface area contributed by atoms with E-state index in [1.54, 1.807) is 19.0 Å².